The van der Waals surface area contributed by atoms with Crippen molar-refractivity contribution in [2.75, 3.05) is 27.2 Å². The first kappa shape index (κ1) is 17.8. The molecule has 0 aliphatic carbocycles. The van der Waals surface area contributed by atoms with Crippen LogP contribution in [-0.4, -0.2) is 38.3 Å². The number of alkyl halides is 3. The number of nitrogens with one attached hydrogen (secondary N) is 1. The number of rotatable bonds is 7. The second-order valence-electron chi connectivity index (χ2n) is 5.00. The molecule has 0 aliphatic rings. The van der Waals surface area contributed by atoms with Crippen LogP contribution in [0.2, 0.25) is 0 Å². The van der Waals surface area contributed by atoms with Gasteiger partial charge in [-0.3, -0.25) is 4.90 Å². The van der Waals surface area contributed by atoms with E-state index in [2.05, 4.69) is 5.32 Å². The van der Waals surface area contributed by atoms with Gasteiger partial charge in [0.25, 0.3) is 0 Å². The van der Waals surface area contributed by atoms with Crippen LogP contribution in [0.25, 0.3) is 0 Å². The third-order valence-electron chi connectivity index (χ3n) is 3.48. The molecule has 120 valence electrons. The Bertz CT molecular complexity index is 449. The number of methoxy groups -OCH3 is 1. The van der Waals surface area contributed by atoms with Crippen LogP contribution in [0.3, 0.4) is 0 Å². The molecule has 0 heterocycles. The van der Waals surface area contributed by atoms with Gasteiger partial charge in [0.15, 0.2) is 0 Å². The lowest BCUT2D eigenvalue weighted by Crippen LogP contribution is -2.33. The summed E-state index contributed by atoms with van der Waals surface area (Å²) >= 11 is 0. The lowest BCUT2D eigenvalue weighted by Gasteiger charge is -2.23. The smallest absolute Gasteiger partial charge is 0.401 e. The van der Waals surface area contributed by atoms with E-state index in [1.807, 2.05) is 26.1 Å². The summed E-state index contributed by atoms with van der Waals surface area (Å²) in [5.41, 5.74) is 1.79. The van der Waals surface area contributed by atoms with Crippen LogP contribution in [0.5, 0.6) is 5.75 Å². The Balaban J connectivity index is 2.97. The molecule has 0 bridgehead atoms. The second kappa shape index (κ2) is 7.66. The minimum Gasteiger partial charge on any atom is -0.496 e. The third kappa shape index (κ3) is 5.55. The Labute approximate surface area is 124 Å². The van der Waals surface area contributed by atoms with E-state index in [1.165, 1.54) is 12.0 Å². The first-order valence-electron chi connectivity index (χ1n) is 6.93. The topological polar surface area (TPSA) is 24.5 Å². The summed E-state index contributed by atoms with van der Waals surface area (Å²) in [7, 11) is 3.37. The van der Waals surface area contributed by atoms with Gasteiger partial charge in [0.05, 0.1) is 13.7 Å². The Hall–Kier alpha value is -1.27. The van der Waals surface area contributed by atoms with E-state index in [9.17, 15) is 13.2 Å². The van der Waals surface area contributed by atoms with Crippen LogP contribution in [0.15, 0.2) is 18.2 Å². The molecule has 0 saturated carbocycles. The summed E-state index contributed by atoms with van der Waals surface area (Å²) in [5, 5.41) is 3.12. The predicted octanol–water partition coefficient (Wildman–Crippen LogP) is 3.36. The van der Waals surface area contributed by atoms with Gasteiger partial charge in [0, 0.05) is 18.2 Å². The second-order valence-corrected chi connectivity index (χ2v) is 5.00. The number of hydrogen-bond acceptors (Lipinski definition) is 3. The fraction of sp³-hybridized carbons (Fsp3) is 0.600. The number of hydrogen-bond donors (Lipinski definition) is 1. The zero-order valence-corrected chi connectivity index (χ0v) is 12.9. The van der Waals surface area contributed by atoms with Gasteiger partial charge in [0.1, 0.15) is 5.75 Å². The van der Waals surface area contributed by atoms with Crippen molar-refractivity contribution in [3.05, 3.63) is 29.3 Å². The largest absolute Gasteiger partial charge is 0.496 e. The number of benzene rings is 1. The van der Waals surface area contributed by atoms with E-state index in [1.54, 1.807) is 13.0 Å². The molecule has 3 nitrogen and oxygen atoms in total. The van der Waals surface area contributed by atoms with Crippen LogP contribution >= 0.6 is 0 Å². The van der Waals surface area contributed by atoms with Crippen molar-refractivity contribution in [1.82, 2.24) is 10.2 Å². The summed E-state index contributed by atoms with van der Waals surface area (Å²) < 4.78 is 42.9. The van der Waals surface area contributed by atoms with Crippen molar-refractivity contribution < 1.29 is 17.9 Å². The standard InChI is InChI=1S/C15H23F3N2O/c1-5-20(10-15(16,17)18)9-13-8-12(11(2)19-3)6-7-14(13)21-4/h6-8,11,19H,5,9-10H2,1-4H3. The maximum absolute atomic E-state index is 12.6. The van der Waals surface area contributed by atoms with Gasteiger partial charge < -0.3 is 10.1 Å². The van der Waals surface area contributed by atoms with Crippen LogP contribution in [0, 0.1) is 0 Å². The lowest BCUT2D eigenvalue weighted by atomic mass is 10.0. The van der Waals surface area contributed by atoms with Crippen molar-refractivity contribution >= 4 is 0 Å². The van der Waals surface area contributed by atoms with Crippen LogP contribution in [0.1, 0.15) is 31.0 Å². The molecule has 1 aromatic carbocycles. The average molecular weight is 304 g/mol. The monoisotopic (exact) mass is 304 g/mol. The van der Waals surface area contributed by atoms with Crippen molar-refractivity contribution in [2.45, 2.75) is 32.6 Å². The molecular formula is C15H23F3N2O. The number of nitrogens with zero attached hydrogens (tertiary/aromatic N) is 1. The Kier molecular flexibility index (Phi) is 6.48. The predicted molar refractivity (Wildman–Crippen MR) is 77.5 cm³/mol. The van der Waals surface area contributed by atoms with Gasteiger partial charge in [-0.25, -0.2) is 0 Å². The highest BCUT2D eigenvalue weighted by molar-refractivity contribution is 5.38. The van der Waals surface area contributed by atoms with Gasteiger partial charge in [-0.1, -0.05) is 13.0 Å². The highest BCUT2D eigenvalue weighted by atomic mass is 19.4. The fourth-order valence-electron chi connectivity index (χ4n) is 2.13. The Morgan fingerprint density at radius 3 is 2.48 bits per heavy atom. The van der Waals surface area contributed by atoms with Crippen LogP contribution < -0.4 is 10.1 Å². The molecule has 0 amide bonds. The van der Waals surface area contributed by atoms with Crippen LogP contribution in [-0.2, 0) is 6.54 Å². The molecule has 6 heteroatoms. The van der Waals surface area contributed by atoms with Crippen molar-refractivity contribution in [3.63, 3.8) is 0 Å². The average Bonchev–Trinajstić information content (AvgIpc) is 2.44. The molecule has 0 aromatic heterocycles. The summed E-state index contributed by atoms with van der Waals surface area (Å²) in [4.78, 5) is 1.35. The SMILES string of the molecule is CCN(Cc1cc(C(C)NC)ccc1OC)CC(F)(F)F. The van der Waals surface area contributed by atoms with Crippen molar-refractivity contribution in [3.8, 4) is 5.75 Å². The van der Waals surface area contributed by atoms with Gasteiger partial charge >= 0.3 is 6.18 Å². The first-order valence-corrected chi connectivity index (χ1v) is 6.93. The summed E-state index contributed by atoms with van der Waals surface area (Å²) in [6, 6.07) is 5.76. The minimum atomic E-state index is -4.20. The van der Waals surface area contributed by atoms with Gasteiger partial charge in [-0.05, 0) is 38.2 Å². The molecule has 1 unspecified atom stereocenters. The van der Waals surface area contributed by atoms with E-state index >= 15 is 0 Å². The quantitative estimate of drug-likeness (QED) is 0.836. The molecule has 1 rings (SSSR count). The molecule has 21 heavy (non-hydrogen) atoms. The summed E-state index contributed by atoms with van der Waals surface area (Å²) in [6.07, 6.45) is -4.20. The summed E-state index contributed by atoms with van der Waals surface area (Å²) in [5.74, 6) is 0.614. The zero-order valence-electron chi connectivity index (χ0n) is 12.9. The number of ether oxygens (including phenoxy) is 1. The van der Waals surface area contributed by atoms with E-state index in [4.69, 9.17) is 4.74 Å². The maximum Gasteiger partial charge on any atom is 0.401 e. The molecule has 0 spiro atoms. The Morgan fingerprint density at radius 1 is 1.33 bits per heavy atom. The number of halogens is 3. The molecule has 1 N–H and O–H groups in total. The van der Waals surface area contributed by atoms with E-state index in [0.29, 0.717) is 12.3 Å². The van der Waals surface area contributed by atoms with Gasteiger partial charge in [-0.15, -0.1) is 0 Å². The van der Waals surface area contributed by atoms with Gasteiger partial charge in [0.2, 0.25) is 0 Å². The first-order chi connectivity index (χ1) is 9.80. The normalized spacial score (nSPS) is 13.5. The molecule has 1 atom stereocenters. The lowest BCUT2D eigenvalue weighted by molar-refractivity contribution is -0.146. The van der Waals surface area contributed by atoms with E-state index in [0.717, 1.165) is 11.1 Å². The molecule has 0 saturated heterocycles. The van der Waals surface area contributed by atoms with Crippen molar-refractivity contribution in [1.29, 1.82) is 0 Å². The summed E-state index contributed by atoms with van der Waals surface area (Å²) in [6.45, 7) is 3.34. The molecule has 1 aromatic rings. The third-order valence-corrected chi connectivity index (χ3v) is 3.48. The molecular weight excluding hydrogens is 281 g/mol. The molecule has 0 aliphatic heterocycles. The molecule has 0 fully saturated rings. The highest BCUT2D eigenvalue weighted by Gasteiger charge is 2.30. The van der Waals surface area contributed by atoms with Crippen molar-refractivity contribution in [2.24, 2.45) is 0 Å². The minimum absolute atomic E-state index is 0.132. The zero-order chi connectivity index (χ0) is 16.0. The van der Waals surface area contributed by atoms with Crippen LogP contribution in [0.4, 0.5) is 13.2 Å². The highest BCUT2D eigenvalue weighted by Crippen LogP contribution is 2.26. The maximum atomic E-state index is 12.6. The molecule has 0 radical (unpaired) electrons. The van der Waals surface area contributed by atoms with E-state index < -0.39 is 12.7 Å². The van der Waals surface area contributed by atoms with E-state index in [-0.39, 0.29) is 12.6 Å². The fourth-order valence-corrected chi connectivity index (χ4v) is 2.13. The Morgan fingerprint density at radius 2 is 2.00 bits per heavy atom. The van der Waals surface area contributed by atoms with Gasteiger partial charge in [-0.2, -0.15) is 13.2 Å².